The first-order chi connectivity index (χ1) is 10.8. The van der Waals surface area contributed by atoms with Gasteiger partial charge < -0.3 is 4.74 Å². The van der Waals surface area contributed by atoms with Crippen molar-refractivity contribution in [3.8, 4) is 0 Å². The van der Waals surface area contributed by atoms with Gasteiger partial charge >= 0.3 is 16.0 Å². The minimum absolute atomic E-state index is 0.0417. The van der Waals surface area contributed by atoms with Gasteiger partial charge in [0.2, 0.25) is 0 Å². The van der Waals surface area contributed by atoms with Gasteiger partial charge in [0.1, 0.15) is 0 Å². The van der Waals surface area contributed by atoms with Crippen molar-refractivity contribution in [3.05, 3.63) is 77.9 Å². The average Bonchev–Trinajstić information content (AvgIpc) is 2.57. The monoisotopic (exact) mass is 433 g/mol. The van der Waals surface area contributed by atoms with Crippen LogP contribution in [0.15, 0.2) is 55.1 Å². The van der Waals surface area contributed by atoms with E-state index in [1.165, 1.54) is 11.1 Å². The molecule has 0 aliphatic heterocycles. The van der Waals surface area contributed by atoms with Crippen molar-refractivity contribution < 1.29 is 4.74 Å². The summed E-state index contributed by atoms with van der Waals surface area (Å²) >= 11 is 6.44. The molecule has 0 aromatic heterocycles. The fourth-order valence-electron chi connectivity index (χ4n) is 1.91. The van der Waals surface area contributed by atoms with E-state index in [-0.39, 0.29) is 16.0 Å². The largest absolute Gasteiger partial charge is 0.560 e. The highest BCUT2D eigenvalue weighted by atomic mass is 79.9. The van der Waals surface area contributed by atoms with E-state index in [0.29, 0.717) is 6.61 Å². The molecule has 0 saturated heterocycles. The van der Waals surface area contributed by atoms with E-state index in [9.17, 15) is 0 Å². The summed E-state index contributed by atoms with van der Waals surface area (Å²) in [5.74, 6) is 0. The fourth-order valence-corrected chi connectivity index (χ4v) is 1.91. The third kappa shape index (κ3) is 9.11. The topological polar surface area (TPSA) is 9.23 Å². The van der Waals surface area contributed by atoms with Crippen LogP contribution in [0.1, 0.15) is 23.1 Å². The summed E-state index contributed by atoms with van der Waals surface area (Å²) in [6.45, 7) is 5.22. The van der Waals surface area contributed by atoms with Gasteiger partial charge in [0, 0.05) is 6.61 Å². The van der Waals surface area contributed by atoms with Crippen LogP contribution in [0.2, 0.25) is 0 Å². The second-order valence-electron chi connectivity index (χ2n) is 4.61. The number of hydrogen-bond acceptors (Lipinski definition) is 1. The third-order valence-electron chi connectivity index (χ3n) is 3.03. The molecular weight excluding hydrogens is 416 g/mol. The molecule has 1 radical (unpaired) electrons. The van der Waals surface area contributed by atoms with E-state index >= 15 is 0 Å². The Morgan fingerprint density at radius 3 is 2.27 bits per heavy atom. The van der Waals surface area contributed by atoms with E-state index < -0.39 is 0 Å². The lowest BCUT2D eigenvalue weighted by molar-refractivity contribution is 0.118. The first kappa shape index (κ1) is 19.9. The first-order valence-electron chi connectivity index (χ1n) is 7.16. The maximum Gasteiger partial charge on any atom is 0.560 e. The summed E-state index contributed by atoms with van der Waals surface area (Å²) in [4.78, 5) is 0. The molecule has 2 aromatic carbocycles. The Balaban J connectivity index is 0.000000745. The predicted molar refractivity (Wildman–Crippen MR) is 103 cm³/mol. The zero-order valence-electron chi connectivity index (χ0n) is 12.6. The summed E-state index contributed by atoms with van der Waals surface area (Å²) in [6, 6.07) is 19.4. The summed E-state index contributed by atoms with van der Waals surface area (Å²) in [6.07, 6.45) is 3.96. The molecule has 0 unspecified atom stereocenters. The minimum Gasteiger partial charge on any atom is -0.377 e. The Bertz CT molecular complexity index is 514. The zero-order valence-corrected chi connectivity index (χ0v) is 17.2. The first-order valence-corrected chi connectivity index (χ1v) is 15.0. The van der Waals surface area contributed by atoms with E-state index in [0.717, 1.165) is 25.0 Å². The number of rotatable bonds is 7. The third-order valence-corrected chi connectivity index (χ3v) is 3.03. The van der Waals surface area contributed by atoms with Crippen molar-refractivity contribution >= 4 is 47.9 Å². The molecule has 0 fully saturated rings. The van der Waals surface area contributed by atoms with E-state index in [4.69, 9.17) is 4.74 Å². The second-order valence-corrected chi connectivity index (χ2v) is 12.7. The van der Waals surface area contributed by atoms with Crippen molar-refractivity contribution in [1.82, 2.24) is 0 Å². The van der Waals surface area contributed by atoms with Crippen LogP contribution in [0, 0.1) is 6.07 Å². The van der Waals surface area contributed by atoms with E-state index in [1.54, 1.807) is 0 Å². The van der Waals surface area contributed by atoms with Crippen molar-refractivity contribution in [2.75, 3.05) is 6.61 Å². The Labute approximate surface area is 155 Å². The summed E-state index contributed by atoms with van der Waals surface area (Å²) < 4.78 is 5.68. The molecule has 0 N–H and O–H groups in total. The van der Waals surface area contributed by atoms with Crippen LogP contribution in [0.5, 0.6) is 0 Å². The molecule has 0 bridgehead atoms. The van der Waals surface area contributed by atoms with Crippen LogP contribution < -0.4 is 0 Å². The standard InChI is InChI=1S/C18H19O.2BrH.Mg/c1-2-16-10-12-18(13-11-16)15-19-14-6-9-17-7-4-3-5-8-17;;;/h2,4-5,7-8,10-13H,1,6,9,14-15H2;2*1H;/q;;;+2/p-2. The van der Waals surface area contributed by atoms with E-state index in [1.807, 2.05) is 18.2 Å². The van der Waals surface area contributed by atoms with Gasteiger partial charge in [-0.1, -0.05) is 61.2 Å². The SMILES string of the molecule is C=Cc1ccc(COCCCc2cc[c]cc2)cc1.[Br][Mg][Br]. The number of aryl methyl sites for hydroxylation is 1. The lowest BCUT2D eigenvalue weighted by atomic mass is 10.1. The number of ether oxygens (including phenoxy) is 1. The molecule has 0 amide bonds. The number of halogens is 2. The van der Waals surface area contributed by atoms with Crippen LogP contribution >= 0.6 is 25.8 Å². The minimum atomic E-state index is 0.0417. The Morgan fingerprint density at radius 2 is 1.68 bits per heavy atom. The number of benzene rings is 2. The molecule has 0 heterocycles. The van der Waals surface area contributed by atoms with Gasteiger partial charge in [-0.25, -0.2) is 0 Å². The molecule has 0 aliphatic carbocycles. The van der Waals surface area contributed by atoms with Crippen molar-refractivity contribution in [1.29, 1.82) is 0 Å². The van der Waals surface area contributed by atoms with Gasteiger partial charge in [0.05, 0.1) is 6.61 Å². The lowest BCUT2D eigenvalue weighted by Crippen LogP contribution is -1.97. The average molecular weight is 435 g/mol. The smallest absolute Gasteiger partial charge is 0.377 e. The maximum absolute atomic E-state index is 5.68. The molecule has 2 aromatic rings. The highest BCUT2D eigenvalue weighted by Crippen LogP contribution is 2.07. The summed E-state index contributed by atoms with van der Waals surface area (Å²) in [7, 11) is 0. The van der Waals surface area contributed by atoms with Crippen LogP contribution in [-0.2, 0) is 17.8 Å². The van der Waals surface area contributed by atoms with Gasteiger partial charge in [-0.15, -0.1) is 0 Å². The second kappa shape index (κ2) is 13.3. The molecule has 113 valence electrons. The zero-order chi connectivity index (χ0) is 16.0. The maximum atomic E-state index is 5.68. The van der Waals surface area contributed by atoms with Crippen molar-refractivity contribution in [2.45, 2.75) is 19.4 Å². The Hall–Kier alpha value is -0.134. The van der Waals surface area contributed by atoms with Crippen LogP contribution in [-0.4, -0.2) is 22.6 Å². The lowest BCUT2D eigenvalue weighted by Gasteiger charge is -2.05. The van der Waals surface area contributed by atoms with Crippen LogP contribution in [0.25, 0.3) is 6.08 Å². The highest BCUT2D eigenvalue weighted by Gasteiger charge is 1.95. The van der Waals surface area contributed by atoms with Gasteiger partial charge in [0.15, 0.2) is 0 Å². The molecular formula is C18H19Br2MgO. The van der Waals surface area contributed by atoms with E-state index in [2.05, 4.69) is 74.8 Å². The summed E-state index contributed by atoms with van der Waals surface area (Å²) in [5, 5.41) is 0. The van der Waals surface area contributed by atoms with Crippen LogP contribution in [0.3, 0.4) is 0 Å². The molecule has 0 atom stereocenters. The molecule has 4 heteroatoms. The van der Waals surface area contributed by atoms with Gasteiger partial charge in [-0.3, -0.25) is 25.8 Å². The number of hydrogen-bond donors (Lipinski definition) is 0. The van der Waals surface area contributed by atoms with Crippen molar-refractivity contribution in [3.63, 3.8) is 0 Å². The van der Waals surface area contributed by atoms with Gasteiger partial charge in [-0.2, -0.15) is 0 Å². The normalized spacial score (nSPS) is 9.36. The predicted octanol–water partition coefficient (Wildman–Crippen LogP) is 5.59. The molecule has 0 spiro atoms. The Morgan fingerprint density at radius 1 is 1.05 bits per heavy atom. The Kier molecular flexibility index (Phi) is 12.1. The quantitative estimate of drug-likeness (QED) is 0.407. The highest BCUT2D eigenvalue weighted by molar-refractivity contribution is 9.47. The molecule has 2 rings (SSSR count). The molecule has 22 heavy (non-hydrogen) atoms. The summed E-state index contributed by atoms with van der Waals surface area (Å²) in [5.41, 5.74) is 3.70. The molecule has 1 nitrogen and oxygen atoms in total. The van der Waals surface area contributed by atoms with Crippen LogP contribution in [0.4, 0.5) is 0 Å². The van der Waals surface area contributed by atoms with Crippen molar-refractivity contribution in [2.24, 2.45) is 0 Å². The van der Waals surface area contributed by atoms with Gasteiger partial charge in [-0.05, 0) is 35.6 Å². The molecule has 0 saturated carbocycles. The van der Waals surface area contributed by atoms with Gasteiger partial charge in [0.25, 0.3) is 0 Å². The fraction of sp³-hybridized carbons (Fsp3) is 0.222. The molecule has 0 aliphatic rings.